The van der Waals surface area contributed by atoms with Gasteiger partial charge in [-0.1, -0.05) is 41.7 Å². The van der Waals surface area contributed by atoms with Crippen LogP contribution in [-0.2, 0) is 7.05 Å². The number of hydrogen-bond donors (Lipinski definition) is 0. The minimum atomic E-state index is -2.00. The number of carbonyl (C=O) groups excluding carboxylic acids is 2. The predicted octanol–water partition coefficient (Wildman–Crippen LogP) is 3.42. The third-order valence-electron chi connectivity index (χ3n) is 3.23. The van der Waals surface area contributed by atoms with Crippen molar-refractivity contribution in [1.29, 1.82) is 0 Å². The quantitative estimate of drug-likeness (QED) is 0.634. The molecule has 0 radical (unpaired) electrons. The largest absolute Gasteiger partial charge is 0.347 e. The summed E-state index contributed by atoms with van der Waals surface area (Å²) in [5, 5.41) is 0. The van der Waals surface area contributed by atoms with E-state index < -0.39 is 9.58 Å². The molecule has 0 spiro atoms. The van der Waals surface area contributed by atoms with E-state index in [0.717, 1.165) is 6.42 Å². The fourth-order valence-electron chi connectivity index (χ4n) is 1.97. The summed E-state index contributed by atoms with van der Waals surface area (Å²) >= 11 is 16.7. The molecule has 1 heterocycles. The Balaban J connectivity index is 2.27. The summed E-state index contributed by atoms with van der Waals surface area (Å²) in [6.07, 6.45) is 2.51. The van der Waals surface area contributed by atoms with Gasteiger partial charge in [0.05, 0.1) is 5.69 Å². The van der Waals surface area contributed by atoms with Crippen molar-refractivity contribution in [3.05, 3.63) is 23.5 Å². The minimum Gasteiger partial charge on any atom is -0.347 e. The zero-order valence-corrected chi connectivity index (χ0v) is 12.2. The molecule has 0 amide bonds. The molecule has 18 heavy (non-hydrogen) atoms. The maximum atomic E-state index is 12.0. The molecule has 1 aliphatic rings. The number of alkyl halides is 3. The van der Waals surface area contributed by atoms with Gasteiger partial charge in [0.15, 0.2) is 5.78 Å². The molecule has 3 nitrogen and oxygen atoms in total. The standard InChI is InChI=1S/C12H12Cl3NO2/c1-6-3-8(6)10(17)7-4-9(16(2)5-7)11(18)12(13,14)15/h4-6,8H,3H2,1-2H3. The zero-order chi connectivity index (χ0) is 13.7. The van der Waals surface area contributed by atoms with Gasteiger partial charge in [-0.15, -0.1) is 0 Å². The number of hydrogen-bond acceptors (Lipinski definition) is 2. The second-order valence-electron chi connectivity index (χ2n) is 4.74. The van der Waals surface area contributed by atoms with Gasteiger partial charge in [0.2, 0.25) is 5.78 Å². The average Bonchev–Trinajstić information content (AvgIpc) is 2.85. The number of ketones is 2. The summed E-state index contributed by atoms with van der Waals surface area (Å²) in [6.45, 7) is 2.03. The van der Waals surface area contributed by atoms with E-state index in [1.54, 1.807) is 13.2 Å². The van der Waals surface area contributed by atoms with Crippen LogP contribution in [0.2, 0.25) is 0 Å². The number of nitrogens with zero attached hydrogens (tertiary/aromatic N) is 1. The Hall–Kier alpha value is -0.510. The number of aromatic nitrogens is 1. The topological polar surface area (TPSA) is 39.1 Å². The van der Waals surface area contributed by atoms with Crippen LogP contribution in [0.15, 0.2) is 12.3 Å². The second-order valence-corrected chi connectivity index (χ2v) is 7.02. The normalized spacial score (nSPS) is 22.9. The number of carbonyl (C=O) groups is 2. The van der Waals surface area contributed by atoms with Crippen LogP contribution in [0.5, 0.6) is 0 Å². The van der Waals surface area contributed by atoms with E-state index >= 15 is 0 Å². The molecule has 1 saturated carbocycles. The predicted molar refractivity (Wildman–Crippen MR) is 71.6 cm³/mol. The van der Waals surface area contributed by atoms with Crippen LogP contribution in [0.3, 0.4) is 0 Å². The molecule has 1 aliphatic carbocycles. The first-order chi connectivity index (χ1) is 8.21. The lowest BCUT2D eigenvalue weighted by molar-refractivity contribution is 0.0961. The highest BCUT2D eigenvalue weighted by atomic mass is 35.6. The molecule has 1 aromatic heterocycles. The maximum absolute atomic E-state index is 12.0. The van der Waals surface area contributed by atoms with Crippen molar-refractivity contribution in [1.82, 2.24) is 4.57 Å². The van der Waals surface area contributed by atoms with Gasteiger partial charge in [0, 0.05) is 24.7 Å². The van der Waals surface area contributed by atoms with Crippen LogP contribution in [-0.4, -0.2) is 19.9 Å². The Morgan fingerprint density at radius 3 is 2.39 bits per heavy atom. The molecule has 0 aromatic carbocycles. The Morgan fingerprint density at radius 2 is 1.94 bits per heavy atom. The highest BCUT2D eigenvalue weighted by Crippen LogP contribution is 2.40. The van der Waals surface area contributed by atoms with Crippen LogP contribution in [0, 0.1) is 11.8 Å². The van der Waals surface area contributed by atoms with Crippen LogP contribution in [0.4, 0.5) is 0 Å². The number of aryl methyl sites for hydroxylation is 1. The molecular formula is C12H12Cl3NO2. The Labute approximate surface area is 120 Å². The van der Waals surface area contributed by atoms with E-state index in [0.29, 0.717) is 11.5 Å². The van der Waals surface area contributed by atoms with E-state index in [4.69, 9.17) is 34.8 Å². The van der Waals surface area contributed by atoms with Crippen LogP contribution in [0.1, 0.15) is 34.2 Å². The average molecular weight is 309 g/mol. The van der Waals surface area contributed by atoms with Crippen LogP contribution < -0.4 is 0 Å². The third-order valence-corrected chi connectivity index (χ3v) is 3.74. The molecule has 0 N–H and O–H groups in total. The molecule has 0 saturated heterocycles. The van der Waals surface area contributed by atoms with Crippen molar-refractivity contribution in [2.75, 3.05) is 0 Å². The first-order valence-electron chi connectivity index (χ1n) is 5.54. The summed E-state index contributed by atoms with van der Waals surface area (Å²) in [4.78, 5) is 23.9. The monoisotopic (exact) mass is 307 g/mol. The van der Waals surface area contributed by atoms with E-state index in [1.165, 1.54) is 10.6 Å². The van der Waals surface area contributed by atoms with Gasteiger partial charge < -0.3 is 4.57 Å². The summed E-state index contributed by atoms with van der Waals surface area (Å²) in [6, 6.07) is 1.50. The zero-order valence-electron chi connectivity index (χ0n) is 9.91. The van der Waals surface area contributed by atoms with Crippen LogP contribution >= 0.6 is 34.8 Å². The Kier molecular flexibility index (Phi) is 3.52. The smallest absolute Gasteiger partial charge is 0.255 e. The highest BCUT2D eigenvalue weighted by Gasteiger charge is 2.40. The SMILES string of the molecule is CC1CC1C(=O)c1cc(C(=O)C(Cl)(Cl)Cl)n(C)c1. The van der Waals surface area contributed by atoms with E-state index in [2.05, 4.69) is 0 Å². The number of halogens is 3. The van der Waals surface area contributed by atoms with Crippen molar-refractivity contribution in [2.45, 2.75) is 17.1 Å². The summed E-state index contributed by atoms with van der Waals surface area (Å²) in [5.41, 5.74) is 0.733. The van der Waals surface area contributed by atoms with E-state index in [9.17, 15) is 9.59 Å². The van der Waals surface area contributed by atoms with Gasteiger partial charge in [-0.2, -0.15) is 0 Å². The Bertz CT molecular complexity index is 516. The first kappa shape index (κ1) is 13.9. The van der Waals surface area contributed by atoms with E-state index in [1.807, 2.05) is 6.92 Å². The lowest BCUT2D eigenvalue weighted by atomic mass is 10.1. The molecule has 2 unspecified atom stereocenters. The van der Waals surface area contributed by atoms with Crippen molar-refractivity contribution < 1.29 is 9.59 Å². The molecule has 2 rings (SSSR count). The second kappa shape index (κ2) is 4.55. The first-order valence-corrected chi connectivity index (χ1v) is 6.67. The molecule has 0 bridgehead atoms. The summed E-state index contributed by atoms with van der Waals surface area (Å²) in [7, 11) is 1.65. The van der Waals surface area contributed by atoms with Gasteiger partial charge in [-0.25, -0.2) is 0 Å². The van der Waals surface area contributed by atoms with Gasteiger partial charge in [-0.3, -0.25) is 9.59 Å². The van der Waals surface area contributed by atoms with Crippen molar-refractivity contribution in [3.8, 4) is 0 Å². The molecule has 2 atom stereocenters. The molecular weight excluding hydrogens is 296 g/mol. The minimum absolute atomic E-state index is 0.0569. The summed E-state index contributed by atoms with van der Waals surface area (Å²) < 4.78 is -0.482. The van der Waals surface area contributed by atoms with Crippen molar-refractivity contribution >= 4 is 46.4 Å². The van der Waals surface area contributed by atoms with Gasteiger partial charge in [-0.05, 0) is 18.4 Å². The van der Waals surface area contributed by atoms with Gasteiger partial charge in [0.25, 0.3) is 3.79 Å². The highest BCUT2D eigenvalue weighted by molar-refractivity contribution is 6.77. The number of Topliss-reactive ketones (excluding diaryl/α,β-unsaturated/α-hetero) is 2. The maximum Gasteiger partial charge on any atom is 0.255 e. The van der Waals surface area contributed by atoms with Crippen LogP contribution in [0.25, 0.3) is 0 Å². The fraction of sp³-hybridized carbons (Fsp3) is 0.500. The molecule has 0 aliphatic heterocycles. The van der Waals surface area contributed by atoms with Gasteiger partial charge in [0.1, 0.15) is 0 Å². The fourth-order valence-corrected chi connectivity index (χ4v) is 2.26. The summed E-state index contributed by atoms with van der Waals surface area (Å²) in [5.74, 6) is -0.0764. The molecule has 1 fully saturated rings. The number of rotatable bonds is 3. The third kappa shape index (κ3) is 2.58. The van der Waals surface area contributed by atoms with Crippen molar-refractivity contribution in [3.63, 3.8) is 0 Å². The lowest BCUT2D eigenvalue weighted by Gasteiger charge is -2.09. The lowest BCUT2D eigenvalue weighted by Crippen LogP contribution is -2.21. The Morgan fingerprint density at radius 1 is 1.39 bits per heavy atom. The molecule has 98 valence electrons. The van der Waals surface area contributed by atoms with Crippen molar-refractivity contribution in [2.24, 2.45) is 18.9 Å². The molecule has 6 heteroatoms. The molecule has 1 aromatic rings. The van der Waals surface area contributed by atoms with E-state index in [-0.39, 0.29) is 17.4 Å². The van der Waals surface area contributed by atoms with Gasteiger partial charge >= 0.3 is 0 Å².